The molecule has 3 aromatic carbocycles. The maximum atomic E-state index is 6.47. The van der Waals surface area contributed by atoms with Crippen LogP contribution in [0.15, 0.2) is 91.0 Å². The smallest absolute Gasteiger partial charge is 0.404 e. The molecular formula is C22H21BO2. The van der Waals surface area contributed by atoms with Crippen molar-refractivity contribution in [2.24, 2.45) is 0 Å². The standard InChI is InChI=1S/C22H21BO2/c1-17-21(18-11-5-2-6-12-18)22(19-13-7-3-8-14-19)25-23(24-17)20-15-9-4-10-16-20/h2-17,21-22H,1H3/t17-,21+,22-/m0/s1. The fourth-order valence-electron chi connectivity index (χ4n) is 3.59. The van der Waals surface area contributed by atoms with Crippen LogP contribution in [0.1, 0.15) is 30.1 Å². The molecule has 1 heterocycles. The summed E-state index contributed by atoms with van der Waals surface area (Å²) in [4.78, 5) is 0. The second-order valence-corrected chi connectivity index (χ2v) is 6.49. The van der Waals surface area contributed by atoms with Gasteiger partial charge in [0.15, 0.2) is 0 Å². The van der Waals surface area contributed by atoms with Gasteiger partial charge in [0, 0.05) is 12.0 Å². The SMILES string of the molecule is C[C@@H]1OB(c2ccccc2)O[C@@H](c2ccccc2)[C@H]1c1ccccc1. The Hall–Kier alpha value is -2.36. The van der Waals surface area contributed by atoms with Gasteiger partial charge in [-0.05, 0) is 23.5 Å². The van der Waals surface area contributed by atoms with Gasteiger partial charge in [0.05, 0.1) is 6.10 Å². The molecule has 0 saturated carbocycles. The summed E-state index contributed by atoms with van der Waals surface area (Å²) < 4.78 is 12.7. The molecule has 4 rings (SSSR count). The Morgan fingerprint density at radius 3 is 1.76 bits per heavy atom. The third-order valence-corrected chi connectivity index (χ3v) is 4.82. The third kappa shape index (κ3) is 3.39. The van der Waals surface area contributed by atoms with Crippen molar-refractivity contribution in [3.63, 3.8) is 0 Å². The number of benzene rings is 3. The van der Waals surface area contributed by atoms with Crippen LogP contribution >= 0.6 is 0 Å². The minimum atomic E-state index is -0.346. The second-order valence-electron chi connectivity index (χ2n) is 6.49. The Kier molecular flexibility index (Phi) is 4.69. The summed E-state index contributed by atoms with van der Waals surface area (Å²) in [6.45, 7) is 2.14. The van der Waals surface area contributed by atoms with Gasteiger partial charge in [-0.15, -0.1) is 0 Å². The number of hydrogen-bond acceptors (Lipinski definition) is 2. The molecule has 0 radical (unpaired) electrons. The molecule has 0 unspecified atom stereocenters. The van der Waals surface area contributed by atoms with E-state index in [0.717, 1.165) is 5.46 Å². The van der Waals surface area contributed by atoms with Gasteiger partial charge in [0.2, 0.25) is 0 Å². The topological polar surface area (TPSA) is 18.5 Å². The molecule has 0 amide bonds. The van der Waals surface area contributed by atoms with Crippen LogP contribution in [0.4, 0.5) is 0 Å². The maximum Gasteiger partial charge on any atom is 0.494 e. The summed E-state index contributed by atoms with van der Waals surface area (Å²) in [5.41, 5.74) is 3.49. The van der Waals surface area contributed by atoms with Gasteiger partial charge in [-0.1, -0.05) is 91.0 Å². The molecule has 3 heteroatoms. The first-order valence-electron chi connectivity index (χ1n) is 8.78. The molecule has 1 aliphatic rings. The van der Waals surface area contributed by atoms with E-state index < -0.39 is 0 Å². The molecule has 3 aromatic rings. The lowest BCUT2D eigenvalue weighted by Gasteiger charge is -2.40. The predicted octanol–water partition coefficient (Wildman–Crippen LogP) is 4.34. The van der Waals surface area contributed by atoms with E-state index in [-0.39, 0.29) is 25.2 Å². The maximum absolute atomic E-state index is 6.47. The molecule has 0 spiro atoms. The van der Waals surface area contributed by atoms with Crippen LogP contribution in [0.5, 0.6) is 0 Å². The van der Waals surface area contributed by atoms with E-state index in [4.69, 9.17) is 9.31 Å². The monoisotopic (exact) mass is 328 g/mol. The lowest BCUT2D eigenvalue weighted by atomic mass is 9.73. The van der Waals surface area contributed by atoms with Crippen LogP contribution in [0.2, 0.25) is 0 Å². The van der Waals surface area contributed by atoms with Crippen molar-refractivity contribution >= 4 is 12.6 Å². The van der Waals surface area contributed by atoms with E-state index in [2.05, 4.69) is 67.6 Å². The molecule has 25 heavy (non-hydrogen) atoms. The van der Waals surface area contributed by atoms with Gasteiger partial charge in [0.1, 0.15) is 0 Å². The van der Waals surface area contributed by atoms with Crippen molar-refractivity contribution < 1.29 is 9.31 Å². The van der Waals surface area contributed by atoms with E-state index in [1.165, 1.54) is 11.1 Å². The summed E-state index contributed by atoms with van der Waals surface area (Å²) in [5, 5.41) is 0. The Bertz CT molecular complexity index is 792. The lowest BCUT2D eigenvalue weighted by molar-refractivity contribution is 0.00636. The highest BCUT2D eigenvalue weighted by molar-refractivity contribution is 6.61. The van der Waals surface area contributed by atoms with Gasteiger partial charge < -0.3 is 9.31 Å². The van der Waals surface area contributed by atoms with Gasteiger partial charge in [-0.2, -0.15) is 0 Å². The van der Waals surface area contributed by atoms with Crippen molar-refractivity contribution in [2.45, 2.75) is 25.0 Å². The van der Waals surface area contributed by atoms with Crippen LogP contribution in [0.25, 0.3) is 0 Å². The molecule has 124 valence electrons. The highest BCUT2D eigenvalue weighted by Crippen LogP contribution is 2.41. The van der Waals surface area contributed by atoms with E-state index in [1.807, 2.05) is 30.3 Å². The minimum Gasteiger partial charge on any atom is -0.404 e. The van der Waals surface area contributed by atoms with Crippen LogP contribution in [0.3, 0.4) is 0 Å². The molecule has 0 bridgehead atoms. The fourth-order valence-corrected chi connectivity index (χ4v) is 3.59. The van der Waals surface area contributed by atoms with E-state index in [0.29, 0.717) is 0 Å². The van der Waals surface area contributed by atoms with Crippen molar-refractivity contribution in [2.75, 3.05) is 0 Å². The normalized spacial score (nSPS) is 23.4. The Balaban J connectivity index is 1.72. The molecule has 1 aliphatic heterocycles. The van der Waals surface area contributed by atoms with Crippen molar-refractivity contribution in [1.82, 2.24) is 0 Å². The molecular weight excluding hydrogens is 307 g/mol. The highest BCUT2D eigenvalue weighted by atomic mass is 16.6. The fraction of sp³-hybridized carbons (Fsp3) is 0.182. The van der Waals surface area contributed by atoms with Crippen LogP contribution < -0.4 is 5.46 Å². The van der Waals surface area contributed by atoms with E-state index in [1.54, 1.807) is 0 Å². The predicted molar refractivity (Wildman–Crippen MR) is 102 cm³/mol. The zero-order valence-electron chi connectivity index (χ0n) is 14.3. The summed E-state index contributed by atoms with van der Waals surface area (Å²) >= 11 is 0. The minimum absolute atomic E-state index is 0.0439. The molecule has 2 nitrogen and oxygen atoms in total. The average molecular weight is 328 g/mol. The van der Waals surface area contributed by atoms with Crippen LogP contribution in [-0.2, 0) is 9.31 Å². The summed E-state index contributed by atoms with van der Waals surface area (Å²) in [6.07, 6.45) is 0.00381. The Labute approximate surface area is 149 Å². The lowest BCUT2D eigenvalue weighted by Crippen LogP contribution is -2.48. The molecule has 3 atom stereocenters. The van der Waals surface area contributed by atoms with Gasteiger partial charge in [0.25, 0.3) is 0 Å². The summed E-state index contributed by atoms with van der Waals surface area (Å²) in [7, 11) is -0.346. The van der Waals surface area contributed by atoms with Crippen LogP contribution in [-0.4, -0.2) is 13.2 Å². The molecule has 0 N–H and O–H groups in total. The van der Waals surface area contributed by atoms with Crippen molar-refractivity contribution in [1.29, 1.82) is 0 Å². The molecule has 0 aliphatic carbocycles. The molecule has 1 saturated heterocycles. The highest BCUT2D eigenvalue weighted by Gasteiger charge is 2.42. The third-order valence-electron chi connectivity index (χ3n) is 4.82. The second kappa shape index (κ2) is 7.26. The zero-order valence-corrected chi connectivity index (χ0v) is 14.3. The zero-order chi connectivity index (χ0) is 17.1. The first-order valence-corrected chi connectivity index (χ1v) is 8.78. The largest absolute Gasteiger partial charge is 0.494 e. The van der Waals surface area contributed by atoms with Crippen molar-refractivity contribution in [3.05, 3.63) is 102 Å². The average Bonchev–Trinajstić information content (AvgIpc) is 2.69. The quantitative estimate of drug-likeness (QED) is 0.666. The van der Waals surface area contributed by atoms with E-state index >= 15 is 0 Å². The number of hydrogen-bond donors (Lipinski definition) is 0. The van der Waals surface area contributed by atoms with Gasteiger partial charge >= 0.3 is 7.12 Å². The van der Waals surface area contributed by atoms with Crippen molar-refractivity contribution in [3.8, 4) is 0 Å². The summed E-state index contributed by atoms with van der Waals surface area (Å²) in [5.74, 6) is 0.156. The van der Waals surface area contributed by atoms with E-state index in [9.17, 15) is 0 Å². The first-order chi connectivity index (χ1) is 12.3. The van der Waals surface area contributed by atoms with Gasteiger partial charge in [-0.25, -0.2) is 0 Å². The Morgan fingerprint density at radius 1 is 0.640 bits per heavy atom. The first kappa shape index (κ1) is 16.1. The molecule has 1 fully saturated rings. The number of rotatable bonds is 3. The van der Waals surface area contributed by atoms with Crippen LogP contribution in [0, 0.1) is 0 Å². The van der Waals surface area contributed by atoms with Gasteiger partial charge in [-0.3, -0.25) is 0 Å². The molecule has 0 aromatic heterocycles. The summed E-state index contributed by atoms with van der Waals surface area (Å²) in [6, 6.07) is 31.1. The Morgan fingerprint density at radius 2 is 1.16 bits per heavy atom.